The van der Waals surface area contributed by atoms with Gasteiger partial charge in [-0.15, -0.1) is 0 Å². The highest BCUT2D eigenvalue weighted by atomic mass is 16.2. The van der Waals surface area contributed by atoms with Crippen LogP contribution in [-0.4, -0.2) is 36.3 Å². The van der Waals surface area contributed by atoms with Crippen molar-refractivity contribution in [3.63, 3.8) is 0 Å². The van der Waals surface area contributed by atoms with Crippen molar-refractivity contribution in [1.82, 2.24) is 4.90 Å². The maximum Gasteiger partial charge on any atom is 0.255 e. The number of aryl methyl sites for hydroxylation is 1. The topological polar surface area (TPSA) is 89.4 Å². The third-order valence-corrected chi connectivity index (χ3v) is 3.61. The van der Waals surface area contributed by atoms with E-state index in [4.69, 9.17) is 11.5 Å². The summed E-state index contributed by atoms with van der Waals surface area (Å²) in [7, 11) is 0. The van der Waals surface area contributed by atoms with Crippen molar-refractivity contribution in [3.8, 4) is 11.8 Å². The average Bonchev–Trinajstić information content (AvgIpc) is 2.94. The average molecular weight is 285 g/mol. The molecule has 21 heavy (non-hydrogen) atoms. The Morgan fingerprint density at radius 2 is 2.19 bits per heavy atom. The summed E-state index contributed by atoms with van der Waals surface area (Å²) in [5, 5.41) is 0. The SMILES string of the molecule is Cc1ccc(C(=O)N2CCC(C(N)=O)C2)c(C#CCN)c1. The molecule has 1 heterocycles. The molecule has 0 spiro atoms. The third-order valence-electron chi connectivity index (χ3n) is 3.61. The van der Waals surface area contributed by atoms with E-state index in [1.807, 2.05) is 19.1 Å². The van der Waals surface area contributed by atoms with E-state index >= 15 is 0 Å². The van der Waals surface area contributed by atoms with Crippen molar-refractivity contribution in [2.45, 2.75) is 13.3 Å². The van der Waals surface area contributed by atoms with E-state index in [0.29, 0.717) is 30.6 Å². The van der Waals surface area contributed by atoms with Crippen LogP contribution in [0.15, 0.2) is 18.2 Å². The van der Waals surface area contributed by atoms with Crippen LogP contribution >= 0.6 is 0 Å². The van der Waals surface area contributed by atoms with E-state index in [1.165, 1.54) is 0 Å². The van der Waals surface area contributed by atoms with Crippen molar-refractivity contribution in [2.24, 2.45) is 17.4 Å². The van der Waals surface area contributed by atoms with E-state index in [1.54, 1.807) is 11.0 Å². The highest BCUT2D eigenvalue weighted by Crippen LogP contribution is 2.20. The van der Waals surface area contributed by atoms with E-state index in [-0.39, 0.29) is 24.3 Å². The van der Waals surface area contributed by atoms with Gasteiger partial charge in [0.1, 0.15) is 0 Å². The summed E-state index contributed by atoms with van der Waals surface area (Å²) in [5.41, 5.74) is 12.9. The Bertz CT molecular complexity index is 628. The summed E-state index contributed by atoms with van der Waals surface area (Å²) >= 11 is 0. The second kappa shape index (κ2) is 6.42. The summed E-state index contributed by atoms with van der Waals surface area (Å²) < 4.78 is 0. The molecule has 0 saturated carbocycles. The Hall–Kier alpha value is -2.32. The zero-order chi connectivity index (χ0) is 15.4. The Kier molecular flexibility index (Phi) is 4.61. The fourth-order valence-electron chi connectivity index (χ4n) is 2.44. The van der Waals surface area contributed by atoms with Gasteiger partial charge < -0.3 is 16.4 Å². The smallest absolute Gasteiger partial charge is 0.255 e. The number of hydrogen-bond acceptors (Lipinski definition) is 3. The quantitative estimate of drug-likeness (QED) is 0.763. The second-order valence-electron chi connectivity index (χ2n) is 5.19. The number of nitrogens with two attached hydrogens (primary N) is 2. The highest BCUT2D eigenvalue weighted by molar-refractivity contribution is 5.97. The summed E-state index contributed by atoms with van der Waals surface area (Å²) in [6, 6.07) is 5.52. The van der Waals surface area contributed by atoms with E-state index in [9.17, 15) is 9.59 Å². The van der Waals surface area contributed by atoms with Gasteiger partial charge in [0.2, 0.25) is 5.91 Å². The number of carbonyl (C=O) groups excluding carboxylic acids is 2. The molecule has 1 aliphatic heterocycles. The number of benzene rings is 1. The van der Waals surface area contributed by atoms with Crippen LogP contribution in [0.4, 0.5) is 0 Å². The molecule has 5 nitrogen and oxygen atoms in total. The van der Waals surface area contributed by atoms with Gasteiger partial charge in [0, 0.05) is 18.7 Å². The van der Waals surface area contributed by atoms with Gasteiger partial charge in [-0.05, 0) is 31.0 Å². The van der Waals surface area contributed by atoms with Crippen LogP contribution in [0.25, 0.3) is 0 Å². The molecule has 1 aromatic carbocycles. The normalized spacial score (nSPS) is 17.2. The Morgan fingerprint density at radius 1 is 1.43 bits per heavy atom. The van der Waals surface area contributed by atoms with Gasteiger partial charge in [-0.1, -0.05) is 17.9 Å². The molecule has 4 N–H and O–H groups in total. The number of hydrogen-bond donors (Lipinski definition) is 2. The van der Waals surface area contributed by atoms with Crippen LogP contribution in [0, 0.1) is 24.7 Å². The molecule has 2 amide bonds. The second-order valence-corrected chi connectivity index (χ2v) is 5.19. The van der Waals surface area contributed by atoms with Gasteiger partial charge in [0.05, 0.1) is 18.0 Å². The molecule has 1 fully saturated rings. The minimum atomic E-state index is -0.350. The minimum Gasteiger partial charge on any atom is -0.369 e. The summed E-state index contributed by atoms with van der Waals surface area (Å²) in [6.07, 6.45) is 0.622. The molecule has 1 saturated heterocycles. The molecule has 0 radical (unpaired) electrons. The zero-order valence-electron chi connectivity index (χ0n) is 12.1. The Morgan fingerprint density at radius 3 is 2.81 bits per heavy atom. The summed E-state index contributed by atoms with van der Waals surface area (Å²) in [5.74, 6) is 5.00. The van der Waals surface area contributed by atoms with E-state index < -0.39 is 0 Å². The maximum atomic E-state index is 12.6. The van der Waals surface area contributed by atoms with Crippen LogP contribution in [0.5, 0.6) is 0 Å². The van der Waals surface area contributed by atoms with Crippen molar-refractivity contribution < 1.29 is 9.59 Å². The van der Waals surface area contributed by atoms with Gasteiger partial charge in [0.25, 0.3) is 5.91 Å². The first-order valence-electron chi connectivity index (χ1n) is 6.91. The van der Waals surface area contributed by atoms with Crippen molar-refractivity contribution >= 4 is 11.8 Å². The number of carbonyl (C=O) groups is 2. The molecular formula is C16H19N3O2. The summed E-state index contributed by atoms with van der Waals surface area (Å²) in [4.78, 5) is 25.5. The molecule has 0 aromatic heterocycles. The van der Waals surface area contributed by atoms with Gasteiger partial charge in [-0.2, -0.15) is 0 Å². The van der Waals surface area contributed by atoms with Gasteiger partial charge in [-0.25, -0.2) is 0 Å². The van der Waals surface area contributed by atoms with Crippen LogP contribution in [0.1, 0.15) is 27.9 Å². The zero-order valence-corrected chi connectivity index (χ0v) is 12.1. The molecule has 1 atom stereocenters. The van der Waals surface area contributed by atoms with Crippen LogP contribution < -0.4 is 11.5 Å². The summed E-state index contributed by atoms with van der Waals surface area (Å²) in [6.45, 7) is 3.12. The molecule has 1 aliphatic rings. The van der Waals surface area contributed by atoms with Crippen LogP contribution in [0.2, 0.25) is 0 Å². The first-order chi connectivity index (χ1) is 10.0. The highest BCUT2D eigenvalue weighted by Gasteiger charge is 2.30. The maximum absolute atomic E-state index is 12.6. The van der Waals surface area contributed by atoms with Crippen molar-refractivity contribution in [2.75, 3.05) is 19.6 Å². The van der Waals surface area contributed by atoms with Gasteiger partial charge in [-0.3, -0.25) is 9.59 Å². The molecule has 5 heteroatoms. The Balaban J connectivity index is 2.25. The first-order valence-corrected chi connectivity index (χ1v) is 6.91. The first kappa shape index (κ1) is 15.1. The third kappa shape index (κ3) is 3.41. The number of likely N-dealkylation sites (tertiary alicyclic amines) is 1. The minimum absolute atomic E-state index is 0.111. The van der Waals surface area contributed by atoms with Crippen molar-refractivity contribution in [1.29, 1.82) is 0 Å². The predicted octanol–water partition coefficient (Wildman–Crippen LogP) is 0.253. The molecule has 0 bridgehead atoms. The number of rotatable bonds is 2. The lowest BCUT2D eigenvalue weighted by molar-refractivity contribution is -0.121. The van der Waals surface area contributed by atoms with Gasteiger partial charge >= 0.3 is 0 Å². The standard InChI is InChI=1S/C16H19N3O2/c1-11-4-5-14(12(9-11)3-2-7-17)16(21)19-8-6-13(10-19)15(18)20/h4-5,9,13H,6-8,10,17H2,1H3,(H2,18,20). The van der Waals surface area contributed by atoms with Crippen LogP contribution in [-0.2, 0) is 4.79 Å². The fourth-order valence-corrected chi connectivity index (χ4v) is 2.44. The fraction of sp³-hybridized carbons (Fsp3) is 0.375. The van der Waals surface area contributed by atoms with Crippen molar-refractivity contribution in [3.05, 3.63) is 34.9 Å². The number of primary amides is 1. The molecule has 2 rings (SSSR count). The van der Waals surface area contributed by atoms with Gasteiger partial charge in [0.15, 0.2) is 0 Å². The molecule has 1 unspecified atom stereocenters. The molecule has 1 aromatic rings. The monoisotopic (exact) mass is 285 g/mol. The number of nitrogens with zero attached hydrogens (tertiary/aromatic N) is 1. The molecule has 110 valence electrons. The molecule has 0 aliphatic carbocycles. The number of amides is 2. The lowest BCUT2D eigenvalue weighted by atomic mass is 10.0. The van der Waals surface area contributed by atoms with Crippen LogP contribution in [0.3, 0.4) is 0 Å². The van der Waals surface area contributed by atoms with E-state index in [2.05, 4.69) is 11.8 Å². The lowest BCUT2D eigenvalue weighted by Crippen LogP contribution is -2.32. The lowest BCUT2D eigenvalue weighted by Gasteiger charge is -2.17. The predicted molar refractivity (Wildman–Crippen MR) is 80.3 cm³/mol. The molecular weight excluding hydrogens is 266 g/mol. The Labute approximate surface area is 124 Å². The largest absolute Gasteiger partial charge is 0.369 e. The van der Waals surface area contributed by atoms with E-state index in [0.717, 1.165) is 5.56 Å².